The molecule has 0 spiro atoms. The lowest BCUT2D eigenvalue weighted by atomic mass is 10.2. The number of hydrogen-bond donors (Lipinski definition) is 1. The van der Waals surface area contributed by atoms with E-state index in [0.717, 1.165) is 10.4 Å². The normalized spacial score (nSPS) is 9.78. The Morgan fingerprint density at radius 2 is 2.33 bits per heavy atom. The second-order valence-corrected chi connectivity index (χ2v) is 4.90. The van der Waals surface area contributed by atoms with Crippen LogP contribution in [0.5, 0.6) is 0 Å². The SMILES string of the molecule is COCCN(C)C(=O)c1cc(C)c(C#CCN)s1. The number of thiophene rings is 1. The summed E-state index contributed by atoms with van der Waals surface area (Å²) >= 11 is 1.41. The van der Waals surface area contributed by atoms with E-state index >= 15 is 0 Å². The molecule has 2 N–H and O–H groups in total. The van der Waals surface area contributed by atoms with Crippen molar-refractivity contribution in [3.63, 3.8) is 0 Å². The lowest BCUT2D eigenvalue weighted by Crippen LogP contribution is -2.29. The fourth-order valence-electron chi connectivity index (χ4n) is 1.36. The summed E-state index contributed by atoms with van der Waals surface area (Å²) in [4.78, 5) is 15.4. The standard InChI is InChI=1S/C13H18N2O2S/c1-10-9-12(18-11(10)5-4-6-14)13(16)15(2)7-8-17-3/h9H,6-8,14H2,1-3H3. The number of rotatable bonds is 4. The molecule has 0 bridgehead atoms. The monoisotopic (exact) mass is 266 g/mol. The van der Waals surface area contributed by atoms with Crippen LogP contribution >= 0.6 is 11.3 Å². The van der Waals surface area contributed by atoms with Crippen LogP contribution in [-0.4, -0.2) is 44.7 Å². The molecule has 0 unspecified atom stereocenters. The van der Waals surface area contributed by atoms with Crippen LogP contribution in [0.2, 0.25) is 0 Å². The summed E-state index contributed by atoms with van der Waals surface area (Å²) in [6.07, 6.45) is 0. The molecule has 0 radical (unpaired) electrons. The number of ether oxygens (including phenoxy) is 1. The highest BCUT2D eigenvalue weighted by atomic mass is 32.1. The number of aryl methyl sites for hydroxylation is 1. The molecule has 1 heterocycles. The van der Waals surface area contributed by atoms with Crippen molar-refractivity contribution in [2.45, 2.75) is 6.92 Å². The first-order valence-electron chi connectivity index (χ1n) is 5.64. The van der Waals surface area contributed by atoms with E-state index in [4.69, 9.17) is 10.5 Å². The zero-order chi connectivity index (χ0) is 13.5. The first kappa shape index (κ1) is 14.7. The van der Waals surface area contributed by atoms with Gasteiger partial charge in [-0.3, -0.25) is 4.79 Å². The quantitative estimate of drug-likeness (QED) is 0.830. The van der Waals surface area contributed by atoms with Gasteiger partial charge < -0.3 is 15.4 Å². The Hall–Kier alpha value is -1.35. The van der Waals surface area contributed by atoms with Crippen molar-refractivity contribution in [1.82, 2.24) is 4.90 Å². The van der Waals surface area contributed by atoms with Gasteiger partial charge in [-0.15, -0.1) is 11.3 Å². The first-order chi connectivity index (χ1) is 8.60. The average Bonchev–Trinajstić information content (AvgIpc) is 2.73. The van der Waals surface area contributed by atoms with Gasteiger partial charge in [-0.25, -0.2) is 0 Å². The summed E-state index contributed by atoms with van der Waals surface area (Å²) in [7, 11) is 3.38. The van der Waals surface area contributed by atoms with Gasteiger partial charge in [0.1, 0.15) is 0 Å². The molecule has 5 heteroatoms. The van der Waals surface area contributed by atoms with Crippen molar-refractivity contribution in [1.29, 1.82) is 0 Å². The molecular formula is C13H18N2O2S. The number of likely N-dealkylation sites (N-methyl/N-ethyl adjacent to an activating group) is 1. The summed E-state index contributed by atoms with van der Waals surface area (Å²) in [5.74, 6) is 5.78. The number of hydrogen-bond acceptors (Lipinski definition) is 4. The van der Waals surface area contributed by atoms with Gasteiger partial charge in [0, 0.05) is 20.7 Å². The number of nitrogens with two attached hydrogens (primary N) is 1. The molecular weight excluding hydrogens is 248 g/mol. The van der Waals surface area contributed by atoms with Gasteiger partial charge in [0.15, 0.2) is 0 Å². The van der Waals surface area contributed by atoms with Crippen molar-refractivity contribution in [3.05, 3.63) is 21.4 Å². The number of methoxy groups -OCH3 is 1. The molecule has 4 nitrogen and oxygen atoms in total. The minimum Gasteiger partial charge on any atom is -0.383 e. The molecule has 0 atom stereocenters. The molecule has 0 fully saturated rings. The third-order valence-electron chi connectivity index (χ3n) is 2.41. The summed E-state index contributed by atoms with van der Waals surface area (Å²) in [6.45, 7) is 3.39. The van der Waals surface area contributed by atoms with Crippen LogP contribution in [-0.2, 0) is 4.74 Å². The van der Waals surface area contributed by atoms with Crippen LogP contribution in [0.4, 0.5) is 0 Å². The van der Waals surface area contributed by atoms with Crippen molar-refractivity contribution >= 4 is 17.2 Å². The molecule has 18 heavy (non-hydrogen) atoms. The molecule has 0 aliphatic carbocycles. The Morgan fingerprint density at radius 1 is 1.61 bits per heavy atom. The zero-order valence-corrected chi connectivity index (χ0v) is 11.8. The third kappa shape index (κ3) is 3.84. The minimum atomic E-state index is 0.000878. The van der Waals surface area contributed by atoms with Gasteiger partial charge in [-0.1, -0.05) is 11.8 Å². The predicted octanol–water partition coefficient (Wildman–Crippen LogP) is 1.09. The topological polar surface area (TPSA) is 55.6 Å². The highest BCUT2D eigenvalue weighted by molar-refractivity contribution is 7.14. The summed E-state index contributed by atoms with van der Waals surface area (Å²) < 4.78 is 4.95. The highest BCUT2D eigenvalue weighted by Gasteiger charge is 2.15. The van der Waals surface area contributed by atoms with Crippen LogP contribution in [0, 0.1) is 18.8 Å². The molecule has 0 aliphatic rings. The van der Waals surface area contributed by atoms with Gasteiger partial charge in [0.25, 0.3) is 5.91 Å². The third-order valence-corrected chi connectivity index (χ3v) is 3.55. The molecule has 98 valence electrons. The Kier molecular flexibility index (Phi) is 5.86. The van der Waals surface area contributed by atoms with Gasteiger partial charge in [0.05, 0.1) is 22.9 Å². The maximum atomic E-state index is 12.1. The van der Waals surface area contributed by atoms with Crippen LogP contribution < -0.4 is 5.73 Å². The molecule has 1 amide bonds. The summed E-state index contributed by atoms with van der Waals surface area (Å²) in [5.41, 5.74) is 6.36. The average molecular weight is 266 g/mol. The van der Waals surface area contributed by atoms with Gasteiger partial charge >= 0.3 is 0 Å². The fraction of sp³-hybridized carbons (Fsp3) is 0.462. The van der Waals surface area contributed by atoms with E-state index < -0.39 is 0 Å². The predicted molar refractivity (Wildman–Crippen MR) is 73.8 cm³/mol. The van der Waals surface area contributed by atoms with Crippen molar-refractivity contribution in [2.24, 2.45) is 5.73 Å². The number of amides is 1. The molecule has 0 saturated heterocycles. The van der Waals surface area contributed by atoms with Crippen LogP contribution in [0.15, 0.2) is 6.07 Å². The van der Waals surface area contributed by atoms with Crippen LogP contribution in [0.1, 0.15) is 20.1 Å². The maximum absolute atomic E-state index is 12.1. The van der Waals surface area contributed by atoms with E-state index in [1.807, 2.05) is 13.0 Å². The second kappa shape index (κ2) is 7.17. The lowest BCUT2D eigenvalue weighted by molar-refractivity contribution is 0.0749. The zero-order valence-electron chi connectivity index (χ0n) is 10.9. The van der Waals surface area contributed by atoms with E-state index in [0.29, 0.717) is 24.6 Å². The van der Waals surface area contributed by atoms with E-state index in [-0.39, 0.29) is 5.91 Å². The number of carbonyl (C=O) groups excluding carboxylic acids is 1. The molecule has 0 aromatic carbocycles. The fourth-order valence-corrected chi connectivity index (χ4v) is 2.40. The number of nitrogens with zero attached hydrogens (tertiary/aromatic N) is 1. The molecule has 1 rings (SSSR count). The Balaban J connectivity index is 2.81. The molecule has 0 aliphatic heterocycles. The first-order valence-corrected chi connectivity index (χ1v) is 6.45. The van der Waals surface area contributed by atoms with Crippen molar-refractivity contribution in [2.75, 3.05) is 33.9 Å². The molecule has 1 aromatic rings. The summed E-state index contributed by atoms with van der Waals surface area (Å²) in [5, 5.41) is 0. The van der Waals surface area contributed by atoms with Crippen molar-refractivity contribution in [3.8, 4) is 11.8 Å². The second-order valence-electron chi connectivity index (χ2n) is 3.85. The van der Waals surface area contributed by atoms with Crippen LogP contribution in [0.25, 0.3) is 0 Å². The molecule has 0 saturated carbocycles. The maximum Gasteiger partial charge on any atom is 0.263 e. The Morgan fingerprint density at radius 3 is 2.94 bits per heavy atom. The Labute approximate surface area is 112 Å². The highest BCUT2D eigenvalue weighted by Crippen LogP contribution is 2.22. The molecule has 1 aromatic heterocycles. The van der Waals surface area contributed by atoms with Gasteiger partial charge in [-0.2, -0.15) is 0 Å². The van der Waals surface area contributed by atoms with Crippen LogP contribution in [0.3, 0.4) is 0 Å². The van der Waals surface area contributed by atoms with E-state index in [1.54, 1.807) is 19.1 Å². The minimum absolute atomic E-state index is 0.000878. The summed E-state index contributed by atoms with van der Waals surface area (Å²) in [6, 6.07) is 1.87. The Bertz CT molecular complexity index is 471. The number of carbonyl (C=O) groups is 1. The van der Waals surface area contributed by atoms with Crippen molar-refractivity contribution < 1.29 is 9.53 Å². The van der Waals surface area contributed by atoms with E-state index in [2.05, 4.69) is 11.8 Å². The largest absolute Gasteiger partial charge is 0.383 e. The van der Waals surface area contributed by atoms with E-state index in [9.17, 15) is 4.79 Å². The van der Waals surface area contributed by atoms with E-state index in [1.165, 1.54) is 11.3 Å². The smallest absolute Gasteiger partial charge is 0.263 e. The van der Waals surface area contributed by atoms with Gasteiger partial charge in [0.2, 0.25) is 0 Å². The lowest BCUT2D eigenvalue weighted by Gasteiger charge is -2.15. The van der Waals surface area contributed by atoms with Gasteiger partial charge in [-0.05, 0) is 18.6 Å².